The van der Waals surface area contributed by atoms with Crippen molar-refractivity contribution in [1.29, 1.82) is 0 Å². The molecular weight excluding hydrogens is 282 g/mol. The number of nitrogens with one attached hydrogen (secondary N) is 1. The smallest absolute Gasteiger partial charge is 0.327 e. The highest BCUT2D eigenvalue weighted by Gasteiger charge is 2.34. The molecule has 104 valence electrons. The Labute approximate surface area is 107 Å². The van der Waals surface area contributed by atoms with Crippen LogP contribution in [-0.2, 0) is 30.2 Å². The normalized spacial score (nSPS) is 25.3. The Hall–Kier alpha value is -0.960. The first kappa shape index (κ1) is 15.1. The van der Waals surface area contributed by atoms with E-state index in [1.54, 1.807) is 0 Å². The number of carbonyl (C=O) groups is 2. The fraction of sp³-hybridized carbons (Fsp3) is 0.778. The van der Waals surface area contributed by atoms with Crippen molar-refractivity contribution in [3.05, 3.63) is 0 Å². The molecule has 0 aromatic carbocycles. The summed E-state index contributed by atoms with van der Waals surface area (Å²) >= 11 is 0. The Morgan fingerprint density at radius 3 is 2.50 bits per heavy atom. The van der Waals surface area contributed by atoms with Crippen molar-refractivity contribution in [3.8, 4) is 0 Å². The lowest BCUT2D eigenvalue weighted by Crippen LogP contribution is -2.44. The summed E-state index contributed by atoms with van der Waals surface area (Å²) in [6.45, 7) is 1.17. The van der Waals surface area contributed by atoms with Gasteiger partial charge in [-0.25, -0.2) is 13.2 Å². The lowest BCUT2D eigenvalue weighted by molar-refractivity contribution is -0.140. The van der Waals surface area contributed by atoms with Gasteiger partial charge in [0.15, 0.2) is 9.84 Å². The molecule has 1 fully saturated rings. The van der Waals surface area contributed by atoms with Gasteiger partial charge in [-0.15, -0.1) is 0 Å². The first-order valence-corrected chi connectivity index (χ1v) is 8.49. The van der Waals surface area contributed by atoms with Crippen molar-refractivity contribution in [2.45, 2.75) is 24.6 Å². The van der Waals surface area contributed by atoms with Crippen LogP contribution in [0.1, 0.15) is 13.3 Å². The second kappa shape index (κ2) is 5.79. The van der Waals surface area contributed by atoms with E-state index in [1.807, 2.05) is 0 Å². The quantitative estimate of drug-likeness (QED) is 0.638. The van der Waals surface area contributed by atoms with E-state index in [0.717, 1.165) is 0 Å². The predicted molar refractivity (Wildman–Crippen MR) is 65.3 cm³/mol. The third-order valence-corrected chi connectivity index (χ3v) is 6.36. The number of rotatable bonds is 5. The van der Waals surface area contributed by atoms with Gasteiger partial charge in [0.2, 0.25) is 5.91 Å². The van der Waals surface area contributed by atoms with Crippen LogP contribution in [0.3, 0.4) is 0 Å². The molecule has 0 saturated carbocycles. The minimum atomic E-state index is -3.15. The average Bonchev–Trinajstić information content (AvgIpc) is 2.57. The number of carbonyl (C=O) groups excluding carboxylic acids is 1. The van der Waals surface area contributed by atoms with Gasteiger partial charge in [-0.05, 0) is 6.42 Å². The molecule has 1 saturated heterocycles. The third kappa shape index (κ3) is 4.37. The van der Waals surface area contributed by atoms with Gasteiger partial charge >= 0.3 is 5.97 Å². The molecule has 18 heavy (non-hydrogen) atoms. The molecular formula is C9H15NO6S2. The van der Waals surface area contributed by atoms with Crippen LogP contribution in [0.4, 0.5) is 0 Å². The summed E-state index contributed by atoms with van der Waals surface area (Å²) in [6, 6.07) is -1.24. The van der Waals surface area contributed by atoms with Crippen LogP contribution in [0.5, 0.6) is 0 Å². The number of hydrogen-bond acceptors (Lipinski definition) is 5. The summed E-state index contributed by atoms with van der Waals surface area (Å²) in [5, 5.41) is 10.5. The van der Waals surface area contributed by atoms with E-state index in [9.17, 15) is 22.2 Å². The Morgan fingerprint density at radius 2 is 2.11 bits per heavy atom. The topological polar surface area (TPSA) is 118 Å². The Bertz CT molecular complexity index is 471. The number of sulfone groups is 1. The molecule has 0 aliphatic carbocycles. The van der Waals surface area contributed by atoms with Crippen LogP contribution < -0.4 is 5.32 Å². The molecule has 7 nitrogen and oxygen atoms in total. The Morgan fingerprint density at radius 1 is 1.50 bits per heavy atom. The maximum absolute atomic E-state index is 11.9. The maximum atomic E-state index is 11.9. The molecule has 0 radical (unpaired) electrons. The summed E-state index contributed by atoms with van der Waals surface area (Å²) in [4.78, 5) is 21.6. The van der Waals surface area contributed by atoms with Gasteiger partial charge in [0.1, 0.15) is 6.04 Å². The van der Waals surface area contributed by atoms with Gasteiger partial charge in [0.05, 0.1) is 17.3 Å². The summed E-state index contributed by atoms with van der Waals surface area (Å²) in [5.74, 6) is -2.26. The van der Waals surface area contributed by atoms with Gasteiger partial charge < -0.3 is 10.4 Å². The largest absolute Gasteiger partial charge is 0.480 e. The molecule has 3 atom stereocenters. The lowest BCUT2D eigenvalue weighted by Gasteiger charge is -2.15. The molecule has 0 bridgehead atoms. The van der Waals surface area contributed by atoms with E-state index >= 15 is 0 Å². The minimum absolute atomic E-state index is 0.0126. The first-order chi connectivity index (χ1) is 8.21. The van der Waals surface area contributed by atoms with Crippen LogP contribution in [0, 0.1) is 0 Å². The van der Waals surface area contributed by atoms with E-state index in [1.165, 1.54) is 6.92 Å². The maximum Gasteiger partial charge on any atom is 0.327 e. The molecule has 3 unspecified atom stereocenters. The molecule has 1 aliphatic heterocycles. The predicted octanol–water partition coefficient (Wildman–Crippen LogP) is -1.49. The van der Waals surface area contributed by atoms with Crippen LogP contribution >= 0.6 is 0 Å². The summed E-state index contributed by atoms with van der Waals surface area (Å²) < 4.78 is 34.3. The highest BCUT2D eigenvalue weighted by molar-refractivity contribution is 7.94. The van der Waals surface area contributed by atoms with Gasteiger partial charge in [-0.1, -0.05) is 0 Å². The zero-order chi connectivity index (χ0) is 13.9. The van der Waals surface area contributed by atoms with E-state index in [4.69, 9.17) is 5.11 Å². The first-order valence-electron chi connectivity index (χ1n) is 5.29. The van der Waals surface area contributed by atoms with Crippen molar-refractivity contribution >= 4 is 32.5 Å². The highest BCUT2D eigenvalue weighted by atomic mass is 32.2. The number of carboxylic acids is 1. The molecule has 1 amide bonds. The summed E-state index contributed by atoms with van der Waals surface area (Å²) in [5.41, 5.74) is 0. The molecule has 1 rings (SSSR count). The van der Waals surface area contributed by atoms with E-state index in [-0.39, 0.29) is 23.7 Å². The Kier molecular flexibility index (Phi) is 4.85. The van der Waals surface area contributed by atoms with Crippen LogP contribution in [0.2, 0.25) is 0 Å². The third-order valence-electron chi connectivity index (χ3n) is 2.57. The lowest BCUT2D eigenvalue weighted by atomic mass is 10.3. The van der Waals surface area contributed by atoms with Crippen molar-refractivity contribution in [2.75, 3.05) is 17.3 Å². The van der Waals surface area contributed by atoms with Crippen molar-refractivity contribution in [3.63, 3.8) is 0 Å². The van der Waals surface area contributed by atoms with Crippen LogP contribution in [0.25, 0.3) is 0 Å². The number of hydrogen-bond donors (Lipinski definition) is 2. The molecule has 9 heteroatoms. The van der Waals surface area contributed by atoms with Crippen molar-refractivity contribution in [2.24, 2.45) is 0 Å². The van der Waals surface area contributed by atoms with Crippen LogP contribution in [-0.4, -0.2) is 58.2 Å². The molecule has 1 heterocycles. The van der Waals surface area contributed by atoms with Gasteiger partial charge in [0.25, 0.3) is 0 Å². The van der Waals surface area contributed by atoms with Crippen LogP contribution in [0.15, 0.2) is 0 Å². The monoisotopic (exact) mass is 297 g/mol. The fourth-order valence-corrected chi connectivity index (χ4v) is 5.82. The van der Waals surface area contributed by atoms with Gasteiger partial charge in [-0.2, -0.15) is 0 Å². The second-order valence-electron chi connectivity index (χ2n) is 4.16. The Balaban J connectivity index is 2.62. The fourth-order valence-electron chi connectivity index (χ4n) is 1.69. The van der Waals surface area contributed by atoms with E-state index < -0.39 is 43.8 Å². The molecule has 0 aromatic heterocycles. The SMILES string of the molecule is CC(=O)NC(CS(=O)C1CCS(=O)(=O)C1)C(=O)O. The zero-order valence-corrected chi connectivity index (χ0v) is 11.4. The number of aliphatic carboxylic acids is 1. The minimum Gasteiger partial charge on any atom is -0.480 e. The number of amides is 1. The van der Waals surface area contributed by atoms with Crippen molar-refractivity contribution in [1.82, 2.24) is 5.32 Å². The summed E-state index contributed by atoms with van der Waals surface area (Å²) in [7, 11) is -4.73. The average molecular weight is 297 g/mol. The molecule has 2 N–H and O–H groups in total. The highest BCUT2D eigenvalue weighted by Crippen LogP contribution is 2.17. The number of carboxylic acid groups (broad SMARTS) is 1. The van der Waals surface area contributed by atoms with Gasteiger partial charge in [-0.3, -0.25) is 9.00 Å². The zero-order valence-electron chi connectivity index (χ0n) is 9.79. The van der Waals surface area contributed by atoms with Crippen molar-refractivity contribution < 1.29 is 27.3 Å². The molecule has 0 aromatic rings. The second-order valence-corrected chi connectivity index (χ2v) is 8.15. The standard InChI is InChI=1S/C9H15NO6S2/c1-6(11)10-8(9(12)13)4-17(14)7-2-3-18(15,16)5-7/h7-8H,2-5H2,1H3,(H,10,11)(H,12,13). The van der Waals surface area contributed by atoms with Gasteiger partial charge in [0, 0.05) is 23.0 Å². The molecule has 1 aliphatic rings. The summed E-state index contributed by atoms with van der Waals surface area (Å²) in [6.07, 6.45) is 0.279. The van der Waals surface area contributed by atoms with E-state index in [2.05, 4.69) is 5.32 Å². The van der Waals surface area contributed by atoms with E-state index in [0.29, 0.717) is 0 Å². The molecule has 0 spiro atoms.